The number of nitro groups is 1. The van der Waals surface area contributed by atoms with Gasteiger partial charge in [0, 0.05) is 11.6 Å². The van der Waals surface area contributed by atoms with Crippen molar-refractivity contribution in [3.05, 3.63) is 50.8 Å². The molecule has 3 rings (SSSR count). The van der Waals surface area contributed by atoms with E-state index in [0.717, 1.165) is 18.2 Å². The fourth-order valence-electron chi connectivity index (χ4n) is 2.72. The second-order valence-corrected chi connectivity index (χ2v) is 5.36. The van der Waals surface area contributed by atoms with Crippen molar-refractivity contribution in [1.29, 1.82) is 10.5 Å². The van der Waals surface area contributed by atoms with Gasteiger partial charge in [-0.3, -0.25) is 15.4 Å². The summed E-state index contributed by atoms with van der Waals surface area (Å²) >= 11 is 0. The number of guanidine groups is 1. The summed E-state index contributed by atoms with van der Waals surface area (Å²) in [6.07, 6.45) is 1.65. The molecule has 1 aromatic carbocycles. The van der Waals surface area contributed by atoms with Crippen molar-refractivity contribution in [3.8, 4) is 12.3 Å². The fourth-order valence-corrected chi connectivity index (χ4v) is 2.72. The molecule has 2 heterocycles. The molecule has 134 valence electrons. The van der Waals surface area contributed by atoms with Gasteiger partial charge in [0.15, 0.2) is 6.19 Å². The average Bonchev–Trinajstić information content (AvgIpc) is 2.61. The maximum atomic E-state index is 13.8. The second kappa shape index (κ2) is 6.45. The molecule has 0 saturated carbocycles. The number of nitrogen functional groups attached to an aromatic ring is 2. The molecule has 0 fully saturated rings. The van der Waals surface area contributed by atoms with Crippen LogP contribution in [0.4, 0.5) is 27.4 Å². The summed E-state index contributed by atoms with van der Waals surface area (Å²) in [4.78, 5) is 18.9. The van der Waals surface area contributed by atoms with E-state index in [-0.39, 0.29) is 40.0 Å². The van der Waals surface area contributed by atoms with Crippen molar-refractivity contribution < 1.29 is 9.31 Å². The van der Waals surface area contributed by atoms with Crippen LogP contribution in [-0.4, -0.2) is 15.9 Å². The summed E-state index contributed by atoms with van der Waals surface area (Å²) < 4.78 is 13.8. The fraction of sp³-hybridized carbons (Fsp3) is 0.0667. The quantitative estimate of drug-likeness (QED) is 0.260. The van der Waals surface area contributed by atoms with Crippen LogP contribution in [0.25, 0.3) is 0 Å². The molecular weight excluding hydrogens is 357 g/mol. The Morgan fingerprint density at radius 3 is 2.74 bits per heavy atom. The summed E-state index contributed by atoms with van der Waals surface area (Å²) in [5, 5.41) is 34.4. The largest absolute Gasteiger partial charge is 0.397 e. The van der Waals surface area contributed by atoms with E-state index in [1.165, 1.54) is 0 Å². The van der Waals surface area contributed by atoms with E-state index in [9.17, 15) is 19.8 Å². The Kier molecular flexibility index (Phi) is 4.15. The van der Waals surface area contributed by atoms with E-state index in [1.54, 1.807) is 12.3 Å². The van der Waals surface area contributed by atoms with E-state index >= 15 is 0 Å². The molecule has 27 heavy (non-hydrogen) atoms. The van der Waals surface area contributed by atoms with Crippen molar-refractivity contribution in [3.63, 3.8) is 0 Å². The Balaban J connectivity index is 2.34. The Bertz CT molecular complexity index is 1080. The van der Waals surface area contributed by atoms with Gasteiger partial charge in [-0.15, -0.1) is 0 Å². The van der Waals surface area contributed by atoms with E-state index in [2.05, 4.69) is 20.6 Å². The molecule has 6 N–H and O–H groups in total. The summed E-state index contributed by atoms with van der Waals surface area (Å²) in [7, 11) is 0. The minimum Gasteiger partial charge on any atom is -0.397 e. The number of anilines is 3. The molecule has 0 bridgehead atoms. The maximum absolute atomic E-state index is 13.8. The number of hydrogen-bond acceptors (Lipinski definition) is 10. The molecule has 0 saturated heterocycles. The number of nitrogens with two attached hydrogens (primary N) is 2. The maximum Gasteiger partial charge on any atom is 0.275 e. The third-order valence-electron chi connectivity index (χ3n) is 3.84. The highest BCUT2D eigenvalue weighted by Crippen LogP contribution is 2.43. The Morgan fingerprint density at radius 1 is 1.37 bits per heavy atom. The third kappa shape index (κ3) is 2.87. The summed E-state index contributed by atoms with van der Waals surface area (Å²) in [6.45, 7) is 0. The van der Waals surface area contributed by atoms with Crippen LogP contribution < -0.4 is 22.1 Å². The van der Waals surface area contributed by atoms with Gasteiger partial charge in [-0.2, -0.15) is 10.5 Å². The first kappa shape index (κ1) is 17.4. The SMILES string of the molecule is N#CNC1=NC(c2cc(F)ccc2[N+](=O)[O-])c2c(nc(N)c(C#N)c2N)N1. The lowest BCUT2D eigenvalue weighted by molar-refractivity contribution is -0.385. The first-order valence-electron chi connectivity index (χ1n) is 7.30. The summed E-state index contributed by atoms with van der Waals surface area (Å²) in [5.74, 6) is -0.958. The smallest absolute Gasteiger partial charge is 0.275 e. The highest BCUT2D eigenvalue weighted by atomic mass is 19.1. The molecule has 1 aliphatic heterocycles. The molecule has 12 heteroatoms. The van der Waals surface area contributed by atoms with Crippen LogP contribution in [-0.2, 0) is 0 Å². The molecule has 1 aromatic heterocycles. The molecule has 11 nitrogen and oxygen atoms in total. The molecule has 1 unspecified atom stereocenters. The second-order valence-electron chi connectivity index (χ2n) is 5.36. The van der Waals surface area contributed by atoms with Gasteiger partial charge in [0.05, 0.1) is 16.2 Å². The zero-order valence-corrected chi connectivity index (χ0v) is 13.4. The minimum atomic E-state index is -1.20. The van der Waals surface area contributed by atoms with E-state index < -0.39 is 22.5 Å². The van der Waals surface area contributed by atoms with Crippen molar-refractivity contribution >= 4 is 29.0 Å². The van der Waals surface area contributed by atoms with E-state index in [1.807, 2.05) is 0 Å². The van der Waals surface area contributed by atoms with Gasteiger partial charge >= 0.3 is 0 Å². The number of aliphatic imine (C=N–C) groups is 1. The third-order valence-corrected chi connectivity index (χ3v) is 3.84. The topological polar surface area (TPSA) is 192 Å². The number of fused-ring (bicyclic) bond motifs is 1. The van der Waals surface area contributed by atoms with Crippen LogP contribution in [0, 0.1) is 38.7 Å². The summed E-state index contributed by atoms with van der Waals surface area (Å²) in [5.41, 5.74) is 11.1. The van der Waals surface area contributed by atoms with Crippen LogP contribution in [0.3, 0.4) is 0 Å². The first-order chi connectivity index (χ1) is 12.9. The Morgan fingerprint density at radius 2 is 2.11 bits per heavy atom. The standard InChI is InChI=1S/C15H10FN9O2/c16-6-1-2-9(25(26)27)7(3-6)12-10-11(19)8(4-17)13(20)23-14(10)24-15(22-12)21-5-18/h1-3,12H,(H6,19,20,21,22,23,24). The van der Waals surface area contributed by atoms with Gasteiger partial charge in [-0.1, -0.05) is 0 Å². The van der Waals surface area contributed by atoms with Gasteiger partial charge in [-0.05, 0) is 12.1 Å². The average molecular weight is 367 g/mol. The number of hydrogen-bond donors (Lipinski definition) is 4. The van der Waals surface area contributed by atoms with Crippen LogP contribution >= 0.6 is 0 Å². The monoisotopic (exact) mass is 367 g/mol. The lowest BCUT2D eigenvalue weighted by Crippen LogP contribution is -2.33. The summed E-state index contributed by atoms with van der Waals surface area (Å²) in [6, 6.07) is 3.47. The van der Waals surface area contributed by atoms with E-state index in [0.29, 0.717) is 0 Å². The molecule has 0 spiro atoms. The van der Waals surface area contributed by atoms with Crippen molar-refractivity contribution in [2.75, 3.05) is 16.8 Å². The molecule has 2 aromatic rings. The van der Waals surface area contributed by atoms with Crippen molar-refractivity contribution in [1.82, 2.24) is 10.3 Å². The molecule has 1 atom stereocenters. The van der Waals surface area contributed by atoms with Crippen molar-refractivity contribution in [2.24, 2.45) is 4.99 Å². The molecule has 0 radical (unpaired) electrons. The number of nitrogens with zero attached hydrogens (tertiary/aromatic N) is 5. The van der Waals surface area contributed by atoms with Gasteiger partial charge in [0.25, 0.3) is 5.69 Å². The molecular formula is C15H10FN9O2. The number of pyridine rings is 1. The van der Waals surface area contributed by atoms with Gasteiger partial charge in [-0.25, -0.2) is 14.4 Å². The van der Waals surface area contributed by atoms with Crippen molar-refractivity contribution in [2.45, 2.75) is 6.04 Å². The minimum absolute atomic E-state index is 0.0420. The van der Waals surface area contributed by atoms with Crippen LogP contribution in [0.2, 0.25) is 0 Å². The number of nitro benzene ring substituents is 1. The van der Waals surface area contributed by atoms with Crippen LogP contribution in [0.15, 0.2) is 23.2 Å². The number of benzene rings is 1. The van der Waals surface area contributed by atoms with Gasteiger partial charge in [0.2, 0.25) is 5.96 Å². The van der Waals surface area contributed by atoms with E-state index in [4.69, 9.17) is 16.7 Å². The Labute approximate surface area is 150 Å². The number of nitriles is 2. The number of rotatable bonds is 2. The lowest BCUT2D eigenvalue weighted by atomic mass is 9.94. The highest BCUT2D eigenvalue weighted by Gasteiger charge is 2.33. The van der Waals surface area contributed by atoms with Crippen LogP contribution in [0.5, 0.6) is 0 Å². The van der Waals surface area contributed by atoms with Gasteiger partial charge < -0.3 is 16.8 Å². The normalized spacial score (nSPS) is 14.8. The molecule has 0 aliphatic carbocycles. The van der Waals surface area contributed by atoms with Crippen LogP contribution in [0.1, 0.15) is 22.7 Å². The zero-order valence-electron chi connectivity index (χ0n) is 13.4. The lowest BCUT2D eigenvalue weighted by Gasteiger charge is -2.26. The van der Waals surface area contributed by atoms with Gasteiger partial charge in [0.1, 0.15) is 35.1 Å². The predicted molar refractivity (Wildman–Crippen MR) is 92.5 cm³/mol. The highest BCUT2D eigenvalue weighted by molar-refractivity contribution is 5.98. The predicted octanol–water partition coefficient (Wildman–Crippen LogP) is 1.11. The molecule has 0 amide bonds. The first-order valence-corrected chi connectivity index (χ1v) is 7.30. The number of aromatic nitrogens is 1. The Hall–Kier alpha value is -4.45. The zero-order chi connectivity index (χ0) is 19.7. The molecule has 1 aliphatic rings. The number of halogens is 1. The number of nitrogens with one attached hydrogen (secondary N) is 2.